The van der Waals surface area contributed by atoms with E-state index in [1.807, 2.05) is 12.1 Å². The van der Waals surface area contributed by atoms with Gasteiger partial charge in [-0.3, -0.25) is 9.78 Å². The fourth-order valence-electron chi connectivity index (χ4n) is 2.58. The van der Waals surface area contributed by atoms with Crippen molar-refractivity contribution in [3.63, 3.8) is 0 Å². The lowest BCUT2D eigenvalue weighted by Crippen LogP contribution is -2.22. The third kappa shape index (κ3) is 7.19. The molecule has 1 aromatic heterocycles. The van der Waals surface area contributed by atoms with E-state index < -0.39 is 0 Å². The van der Waals surface area contributed by atoms with Crippen molar-refractivity contribution < 1.29 is 4.79 Å². The van der Waals surface area contributed by atoms with E-state index in [1.165, 1.54) is 25.7 Å². The third-order valence-corrected chi connectivity index (χ3v) is 6.51. The summed E-state index contributed by atoms with van der Waals surface area (Å²) in [6, 6.07) is 3.84. The maximum atomic E-state index is 12.5. The number of hydrogen-bond acceptors (Lipinski definition) is 6. The van der Waals surface area contributed by atoms with Crippen molar-refractivity contribution in [3.8, 4) is 0 Å². The number of thioether (sulfide) groups is 2. The fraction of sp³-hybridized carbons (Fsp3) is 0.632. The van der Waals surface area contributed by atoms with Gasteiger partial charge in [0.2, 0.25) is 0 Å². The number of carbonyl (C=O) groups is 1. The van der Waals surface area contributed by atoms with Gasteiger partial charge in [0.05, 0.1) is 0 Å². The van der Waals surface area contributed by atoms with Crippen molar-refractivity contribution in [2.75, 3.05) is 29.5 Å². The summed E-state index contributed by atoms with van der Waals surface area (Å²) in [7, 11) is 0. The molecule has 0 bridgehead atoms. The van der Waals surface area contributed by atoms with Crippen molar-refractivity contribution in [1.29, 1.82) is 0 Å². The third-order valence-electron chi connectivity index (χ3n) is 4.14. The van der Waals surface area contributed by atoms with Gasteiger partial charge in [0.25, 0.3) is 5.91 Å². The molecule has 1 aliphatic heterocycles. The molecule has 0 unspecified atom stereocenters. The molecule has 1 fully saturated rings. The number of rotatable bonds is 9. The molecule has 144 valence electrons. The van der Waals surface area contributed by atoms with Crippen LogP contribution in [-0.4, -0.2) is 39.9 Å². The lowest BCUT2D eigenvalue weighted by Gasteiger charge is -2.17. The van der Waals surface area contributed by atoms with Crippen LogP contribution >= 0.6 is 23.5 Å². The summed E-state index contributed by atoms with van der Waals surface area (Å²) in [6.45, 7) is 6.47. The highest BCUT2D eigenvalue weighted by Crippen LogP contribution is 2.21. The Morgan fingerprint density at radius 3 is 2.46 bits per heavy atom. The molecule has 1 aromatic rings. The Bertz CT molecular complexity index is 577. The number of amides is 1. The molecule has 0 aliphatic carbocycles. The first kappa shape index (κ1) is 21.1. The Balaban J connectivity index is 1.95. The largest absolute Gasteiger partial charge is 0.371 e. The first-order chi connectivity index (χ1) is 12.7. The molecule has 2 rings (SSSR count). The van der Waals surface area contributed by atoms with Crippen LogP contribution in [0.4, 0.5) is 5.69 Å². The number of hydrogen-bond donors (Lipinski definition) is 1. The standard InChI is InChI=1S/C19H30N4OS2/c1-3-5-13-25-19(26-14-6-4-2)22-21-18(24)17-15-16(9-10-20-17)23-11-7-8-12-23/h9-10,15H,3-8,11-14H2,1-2H3,(H,21,24). The molecule has 7 heteroatoms. The topological polar surface area (TPSA) is 57.6 Å². The van der Waals surface area contributed by atoms with Gasteiger partial charge in [-0.1, -0.05) is 50.2 Å². The van der Waals surface area contributed by atoms with Gasteiger partial charge in [-0.25, -0.2) is 5.43 Å². The molecule has 2 heterocycles. The summed E-state index contributed by atoms with van der Waals surface area (Å²) in [5, 5.41) is 4.36. The van der Waals surface area contributed by atoms with Crippen LogP contribution in [-0.2, 0) is 0 Å². The molecule has 0 aromatic carbocycles. The number of anilines is 1. The first-order valence-electron chi connectivity index (χ1n) is 9.59. The second-order valence-electron chi connectivity index (χ2n) is 6.32. The molecule has 1 aliphatic rings. The van der Waals surface area contributed by atoms with Gasteiger partial charge in [0, 0.05) is 36.5 Å². The molecule has 0 radical (unpaired) electrons. The van der Waals surface area contributed by atoms with E-state index in [-0.39, 0.29) is 5.91 Å². The Kier molecular flexibility index (Phi) is 9.92. The monoisotopic (exact) mass is 394 g/mol. The minimum atomic E-state index is -0.240. The average Bonchev–Trinajstić information content (AvgIpc) is 3.20. The second-order valence-corrected chi connectivity index (χ2v) is 8.74. The highest BCUT2D eigenvalue weighted by molar-refractivity contribution is 8.38. The average molecular weight is 395 g/mol. The van der Waals surface area contributed by atoms with E-state index in [2.05, 4.69) is 34.3 Å². The molecule has 1 N–H and O–H groups in total. The molecule has 26 heavy (non-hydrogen) atoms. The summed E-state index contributed by atoms with van der Waals surface area (Å²) in [4.78, 5) is 19.0. The molecule has 5 nitrogen and oxygen atoms in total. The fourth-order valence-corrected chi connectivity index (χ4v) is 4.85. The number of nitrogens with zero attached hydrogens (tertiary/aromatic N) is 3. The summed E-state index contributed by atoms with van der Waals surface area (Å²) < 4.78 is 0.941. The Morgan fingerprint density at radius 1 is 1.19 bits per heavy atom. The van der Waals surface area contributed by atoms with Crippen molar-refractivity contribution in [1.82, 2.24) is 10.4 Å². The number of unbranched alkanes of at least 4 members (excludes halogenated alkanes) is 2. The van der Waals surface area contributed by atoms with Gasteiger partial charge in [-0.05, 0) is 37.8 Å². The number of aromatic nitrogens is 1. The smallest absolute Gasteiger partial charge is 0.290 e. The van der Waals surface area contributed by atoms with Gasteiger partial charge in [0.15, 0.2) is 0 Å². The summed E-state index contributed by atoms with van der Waals surface area (Å²) >= 11 is 3.45. The lowest BCUT2D eigenvalue weighted by atomic mass is 10.3. The quantitative estimate of drug-likeness (QED) is 0.283. The normalized spacial score (nSPS) is 13.7. The molecule has 0 atom stereocenters. The van der Waals surface area contributed by atoms with Gasteiger partial charge in [-0.15, -0.1) is 0 Å². The van der Waals surface area contributed by atoms with Crippen LogP contribution in [0.25, 0.3) is 0 Å². The van der Waals surface area contributed by atoms with Gasteiger partial charge in [-0.2, -0.15) is 5.10 Å². The van der Waals surface area contributed by atoms with Crippen LogP contribution in [0.5, 0.6) is 0 Å². The molecular weight excluding hydrogens is 364 g/mol. The van der Waals surface area contributed by atoms with Gasteiger partial charge < -0.3 is 4.90 Å². The van der Waals surface area contributed by atoms with E-state index >= 15 is 0 Å². The van der Waals surface area contributed by atoms with Crippen molar-refractivity contribution in [2.24, 2.45) is 5.10 Å². The number of pyridine rings is 1. The maximum Gasteiger partial charge on any atom is 0.290 e. The zero-order valence-electron chi connectivity index (χ0n) is 15.9. The lowest BCUT2D eigenvalue weighted by molar-refractivity contribution is 0.0950. The van der Waals surface area contributed by atoms with E-state index in [4.69, 9.17) is 0 Å². The highest BCUT2D eigenvalue weighted by atomic mass is 32.2. The molecule has 0 spiro atoms. The first-order valence-corrected chi connectivity index (χ1v) is 11.6. The van der Waals surface area contributed by atoms with Crippen LogP contribution in [0.1, 0.15) is 62.9 Å². The predicted molar refractivity (Wildman–Crippen MR) is 115 cm³/mol. The predicted octanol–water partition coefficient (Wildman–Crippen LogP) is 4.75. The summed E-state index contributed by atoms with van der Waals surface area (Å²) in [6.07, 6.45) is 8.78. The zero-order chi connectivity index (χ0) is 18.6. The highest BCUT2D eigenvalue weighted by Gasteiger charge is 2.15. The van der Waals surface area contributed by atoms with E-state index in [1.54, 1.807) is 29.7 Å². The minimum Gasteiger partial charge on any atom is -0.371 e. The van der Waals surface area contributed by atoms with Crippen molar-refractivity contribution >= 4 is 39.5 Å². The SMILES string of the molecule is CCCCSC(=NNC(=O)c1cc(N2CCCC2)ccn1)SCCCC. The Hall–Kier alpha value is -1.21. The van der Waals surface area contributed by atoms with Crippen LogP contribution in [0, 0.1) is 0 Å². The Morgan fingerprint density at radius 2 is 1.85 bits per heavy atom. The molecule has 0 saturated carbocycles. The van der Waals surface area contributed by atoms with E-state index in [9.17, 15) is 4.79 Å². The van der Waals surface area contributed by atoms with Crippen LogP contribution < -0.4 is 10.3 Å². The summed E-state index contributed by atoms with van der Waals surface area (Å²) in [5.74, 6) is 1.83. The van der Waals surface area contributed by atoms with E-state index in [0.29, 0.717) is 5.69 Å². The minimum absolute atomic E-state index is 0.240. The van der Waals surface area contributed by atoms with Gasteiger partial charge in [0.1, 0.15) is 10.1 Å². The van der Waals surface area contributed by atoms with Crippen LogP contribution in [0.15, 0.2) is 23.4 Å². The molecular formula is C19H30N4OS2. The number of carbonyl (C=O) groups excluding carboxylic acids is 1. The van der Waals surface area contributed by atoms with Crippen LogP contribution in [0.3, 0.4) is 0 Å². The number of nitrogens with one attached hydrogen (secondary N) is 1. The second kappa shape index (κ2) is 12.2. The molecule has 1 amide bonds. The van der Waals surface area contributed by atoms with Crippen LogP contribution in [0.2, 0.25) is 0 Å². The van der Waals surface area contributed by atoms with Gasteiger partial charge >= 0.3 is 0 Å². The van der Waals surface area contributed by atoms with Crippen molar-refractivity contribution in [2.45, 2.75) is 52.4 Å². The Labute approximate surface area is 165 Å². The molecule has 1 saturated heterocycles. The number of hydrazone groups is 1. The van der Waals surface area contributed by atoms with Crippen molar-refractivity contribution in [3.05, 3.63) is 24.0 Å². The summed E-state index contributed by atoms with van der Waals surface area (Å²) in [5.41, 5.74) is 4.19. The maximum absolute atomic E-state index is 12.5. The zero-order valence-corrected chi connectivity index (χ0v) is 17.5. The van der Waals surface area contributed by atoms with E-state index in [0.717, 1.165) is 47.5 Å².